The third-order valence-corrected chi connectivity index (χ3v) is 2.92. The molecule has 2 rings (SSSR count). The van der Waals surface area contributed by atoms with Crippen molar-refractivity contribution in [2.75, 3.05) is 20.8 Å². The van der Waals surface area contributed by atoms with Crippen molar-refractivity contribution >= 4 is 18.1 Å². The summed E-state index contributed by atoms with van der Waals surface area (Å²) in [4.78, 5) is 24.4. The minimum Gasteiger partial charge on any atom is -0.497 e. The van der Waals surface area contributed by atoms with E-state index in [2.05, 4.69) is 0 Å². The van der Waals surface area contributed by atoms with E-state index in [0.29, 0.717) is 17.1 Å². The van der Waals surface area contributed by atoms with Crippen LogP contribution in [0.4, 0.5) is 4.79 Å². The number of benzene rings is 1. The Morgan fingerprint density at radius 3 is 2.55 bits per heavy atom. The lowest BCUT2D eigenvalue weighted by Gasteiger charge is -2.07. The van der Waals surface area contributed by atoms with Crippen molar-refractivity contribution in [2.24, 2.45) is 0 Å². The van der Waals surface area contributed by atoms with Crippen LogP contribution in [-0.4, -0.2) is 37.7 Å². The Bertz CT molecular complexity index is 579. The first kappa shape index (κ1) is 13.9. The van der Waals surface area contributed by atoms with Gasteiger partial charge in [-0.05, 0) is 25.1 Å². The van der Waals surface area contributed by atoms with E-state index >= 15 is 0 Å². The van der Waals surface area contributed by atoms with Gasteiger partial charge in [-0.15, -0.1) is 0 Å². The highest BCUT2D eigenvalue weighted by Crippen LogP contribution is 2.28. The predicted octanol–water partition coefficient (Wildman–Crippen LogP) is 2.04. The van der Waals surface area contributed by atoms with E-state index < -0.39 is 12.0 Å². The van der Waals surface area contributed by atoms with Gasteiger partial charge in [0.15, 0.2) is 5.76 Å². The summed E-state index contributed by atoms with van der Waals surface area (Å²) in [5.41, 5.74) is 0.627. The summed E-state index contributed by atoms with van der Waals surface area (Å²) >= 11 is 0. The fraction of sp³-hybridized carbons (Fsp3) is 0.286. The summed E-state index contributed by atoms with van der Waals surface area (Å²) < 4.78 is 15.3. The minimum absolute atomic E-state index is 0.0136. The molecule has 0 unspecified atom stereocenters. The van der Waals surface area contributed by atoms with Crippen LogP contribution in [0.15, 0.2) is 24.0 Å². The predicted molar refractivity (Wildman–Crippen MR) is 71.4 cm³/mol. The van der Waals surface area contributed by atoms with Crippen LogP contribution in [0.25, 0.3) is 6.08 Å². The Hall–Kier alpha value is -2.50. The van der Waals surface area contributed by atoms with Gasteiger partial charge in [-0.2, -0.15) is 0 Å². The van der Waals surface area contributed by atoms with E-state index in [4.69, 9.17) is 14.2 Å². The summed E-state index contributed by atoms with van der Waals surface area (Å²) in [6, 6.07) is 5.14. The molecule has 6 heteroatoms. The first-order valence-electron chi connectivity index (χ1n) is 6.08. The molecule has 1 aromatic carbocycles. The maximum absolute atomic E-state index is 11.9. The Balaban J connectivity index is 2.36. The SMILES string of the molecule is CCN1C(=O)OC(=Cc2ccc(OC)cc2OC)C1=O. The number of nitrogens with zero attached hydrogens (tertiary/aromatic N) is 1. The van der Waals surface area contributed by atoms with Crippen LogP contribution in [0.5, 0.6) is 11.5 Å². The molecule has 2 amide bonds. The van der Waals surface area contributed by atoms with Gasteiger partial charge in [-0.25, -0.2) is 9.69 Å². The van der Waals surface area contributed by atoms with Crippen LogP contribution in [0.1, 0.15) is 12.5 Å². The molecule has 0 saturated carbocycles. The monoisotopic (exact) mass is 277 g/mol. The molecular formula is C14H15NO5. The van der Waals surface area contributed by atoms with Gasteiger partial charge in [-0.3, -0.25) is 4.79 Å². The van der Waals surface area contributed by atoms with Crippen LogP contribution in [0.3, 0.4) is 0 Å². The smallest absolute Gasteiger partial charge is 0.422 e. The molecule has 1 aliphatic rings. The quantitative estimate of drug-likeness (QED) is 0.788. The molecule has 0 radical (unpaired) electrons. The zero-order valence-electron chi connectivity index (χ0n) is 11.5. The van der Waals surface area contributed by atoms with E-state index in [9.17, 15) is 9.59 Å². The van der Waals surface area contributed by atoms with E-state index in [1.807, 2.05) is 0 Å². The number of carbonyl (C=O) groups is 2. The highest BCUT2D eigenvalue weighted by Gasteiger charge is 2.35. The number of rotatable bonds is 4. The Morgan fingerprint density at radius 1 is 1.25 bits per heavy atom. The van der Waals surface area contributed by atoms with E-state index in [1.165, 1.54) is 13.2 Å². The fourth-order valence-corrected chi connectivity index (χ4v) is 1.85. The average molecular weight is 277 g/mol. The van der Waals surface area contributed by atoms with Crippen LogP contribution in [-0.2, 0) is 9.53 Å². The standard InChI is InChI=1S/C14H15NO5/c1-4-15-13(16)12(20-14(15)17)7-9-5-6-10(18-2)8-11(9)19-3/h5-8H,4H2,1-3H3. The normalized spacial score (nSPS) is 16.6. The molecule has 1 aromatic rings. The van der Waals surface area contributed by atoms with Crippen molar-refractivity contribution in [2.45, 2.75) is 6.92 Å². The van der Waals surface area contributed by atoms with Gasteiger partial charge in [0, 0.05) is 18.2 Å². The molecule has 0 aliphatic carbocycles. The van der Waals surface area contributed by atoms with Gasteiger partial charge < -0.3 is 14.2 Å². The van der Waals surface area contributed by atoms with Gasteiger partial charge in [0.2, 0.25) is 0 Å². The molecular weight excluding hydrogens is 262 g/mol. The number of carbonyl (C=O) groups excluding carboxylic acids is 2. The van der Waals surface area contributed by atoms with E-state index in [0.717, 1.165) is 4.90 Å². The summed E-state index contributed by atoms with van der Waals surface area (Å²) in [6.07, 6.45) is 0.824. The molecule has 1 aliphatic heterocycles. The molecule has 1 saturated heterocycles. The van der Waals surface area contributed by atoms with Gasteiger partial charge in [0.1, 0.15) is 11.5 Å². The van der Waals surface area contributed by atoms with Crippen molar-refractivity contribution in [1.29, 1.82) is 0 Å². The molecule has 0 aromatic heterocycles. The van der Waals surface area contributed by atoms with Crippen molar-refractivity contribution in [1.82, 2.24) is 4.90 Å². The Labute approximate surface area is 116 Å². The Morgan fingerprint density at radius 2 is 2.00 bits per heavy atom. The lowest BCUT2D eigenvalue weighted by atomic mass is 10.1. The van der Waals surface area contributed by atoms with E-state index in [1.54, 1.807) is 32.2 Å². The topological polar surface area (TPSA) is 65.1 Å². The molecule has 0 N–H and O–H groups in total. The van der Waals surface area contributed by atoms with Crippen LogP contribution >= 0.6 is 0 Å². The summed E-state index contributed by atoms with van der Waals surface area (Å²) in [6.45, 7) is 1.98. The van der Waals surface area contributed by atoms with Crippen molar-refractivity contribution in [3.8, 4) is 11.5 Å². The second kappa shape index (κ2) is 5.64. The number of hydrogen-bond donors (Lipinski definition) is 0. The highest BCUT2D eigenvalue weighted by molar-refractivity contribution is 6.10. The summed E-state index contributed by atoms with van der Waals surface area (Å²) in [5.74, 6) is 0.695. The van der Waals surface area contributed by atoms with Gasteiger partial charge in [-0.1, -0.05) is 0 Å². The lowest BCUT2D eigenvalue weighted by Crippen LogP contribution is -2.28. The molecule has 6 nitrogen and oxygen atoms in total. The second-order valence-electron chi connectivity index (χ2n) is 4.03. The third-order valence-electron chi connectivity index (χ3n) is 2.92. The number of hydrogen-bond acceptors (Lipinski definition) is 5. The number of ether oxygens (including phenoxy) is 3. The third kappa shape index (κ3) is 2.45. The molecule has 20 heavy (non-hydrogen) atoms. The molecule has 0 atom stereocenters. The van der Waals surface area contributed by atoms with Crippen molar-refractivity contribution in [3.63, 3.8) is 0 Å². The first-order valence-corrected chi connectivity index (χ1v) is 6.08. The van der Waals surface area contributed by atoms with Crippen molar-refractivity contribution < 1.29 is 23.8 Å². The maximum atomic E-state index is 11.9. The maximum Gasteiger partial charge on any atom is 0.422 e. The second-order valence-corrected chi connectivity index (χ2v) is 4.03. The van der Waals surface area contributed by atoms with Crippen LogP contribution in [0.2, 0.25) is 0 Å². The minimum atomic E-state index is -0.656. The van der Waals surface area contributed by atoms with Gasteiger partial charge >= 0.3 is 6.09 Å². The summed E-state index contributed by atoms with van der Waals surface area (Å²) in [7, 11) is 3.06. The zero-order chi connectivity index (χ0) is 14.7. The number of imide groups is 1. The average Bonchev–Trinajstić information content (AvgIpc) is 2.73. The molecule has 0 bridgehead atoms. The van der Waals surface area contributed by atoms with Gasteiger partial charge in [0.05, 0.1) is 14.2 Å². The van der Waals surface area contributed by atoms with Crippen LogP contribution < -0.4 is 9.47 Å². The fourth-order valence-electron chi connectivity index (χ4n) is 1.85. The number of likely N-dealkylation sites (N-methyl/N-ethyl adjacent to an activating group) is 1. The number of amides is 2. The van der Waals surface area contributed by atoms with Gasteiger partial charge in [0.25, 0.3) is 5.91 Å². The first-order chi connectivity index (χ1) is 9.60. The molecule has 0 spiro atoms. The summed E-state index contributed by atoms with van der Waals surface area (Å²) in [5, 5.41) is 0. The van der Waals surface area contributed by atoms with Crippen molar-refractivity contribution in [3.05, 3.63) is 29.5 Å². The highest BCUT2D eigenvalue weighted by atomic mass is 16.6. The lowest BCUT2D eigenvalue weighted by molar-refractivity contribution is -0.123. The zero-order valence-corrected chi connectivity index (χ0v) is 11.5. The largest absolute Gasteiger partial charge is 0.497 e. The number of cyclic esters (lactones) is 1. The number of methoxy groups -OCH3 is 2. The van der Waals surface area contributed by atoms with E-state index in [-0.39, 0.29) is 12.3 Å². The molecule has 1 heterocycles. The molecule has 106 valence electrons. The van der Waals surface area contributed by atoms with Crippen LogP contribution in [0, 0.1) is 0 Å². The molecule has 1 fully saturated rings. The Kier molecular flexibility index (Phi) is 3.93.